The molecule has 1 rings (SSSR count). The van der Waals surface area contributed by atoms with Crippen molar-refractivity contribution in [2.24, 2.45) is 45.5 Å². The van der Waals surface area contributed by atoms with Gasteiger partial charge in [0, 0.05) is 19.5 Å². The molecule has 1 fully saturated rings. The van der Waals surface area contributed by atoms with Gasteiger partial charge in [0.1, 0.15) is 54.9 Å². The number of carbonyl (C=O) groups excluding carboxylic acids is 9. The van der Waals surface area contributed by atoms with Crippen molar-refractivity contribution in [3.8, 4) is 0 Å². The van der Waals surface area contributed by atoms with Gasteiger partial charge in [-0.25, -0.2) is 0 Å². The summed E-state index contributed by atoms with van der Waals surface area (Å²) in [6.07, 6.45) is 1.78. The lowest BCUT2D eigenvalue weighted by Crippen LogP contribution is -2.60. The van der Waals surface area contributed by atoms with Gasteiger partial charge in [0.05, 0.1) is 6.54 Å². The van der Waals surface area contributed by atoms with Crippen LogP contribution in [-0.4, -0.2) is 174 Å². The normalized spacial score (nSPS) is 15.9. The third kappa shape index (κ3) is 26.4. The van der Waals surface area contributed by atoms with Crippen LogP contribution in [0.1, 0.15) is 125 Å². The molecule has 0 unspecified atom stereocenters. The van der Waals surface area contributed by atoms with Gasteiger partial charge in [-0.2, -0.15) is 0 Å². The minimum absolute atomic E-state index is 0.0199. The van der Waals surface area contributed by atoms with Gasteiger partial charge >= 0.3 is 11.9 Å². The van der Waals surface area contributed by atoms with Crippen molar-refractivity contribution in [3.63, 3.8) is 0 Å². The van der Waals surface area contributed by atoms with Crippen molar-refractivity contribution in [3.05, 3.63) is 0 Å². The number of amides is 9. The van der Waals surface area contributed by atoms with E-state index in [2.05, 4.69) is 47.5 Å². The molecule has 0 bridgehead atoms. The maximum absolute atomic E-state index is 14.2. The number of carboxylic acid groups (broad SMARTS) is 2. The van der Waals surface area contributed by atoms with Gasteiger partial charge < -0.3 is 86.3 Å². The van der Waals surface area contributed by atoms with Crippen molar-refractivity contribution in [2.45, 2.75) is 173 Å². The Morgan fingerprint density at radius 2 is 0.973 bits per heavy atom. The number of carbonyl (C=O) groups is 11. The molecule has 1 aliphatic heterocycles. The first kappa shape index (κ1) is 66.3. The highest BCUT2D eigenvalue weighted by atomic mass is 16.4. The molecule has 0 aromatic rings. The van der Waals surface area contributed by atoms with Crippen LogP contribution in [0.4, 0.5) is 0 Å². The van der Waals surface area contributed by atoms with Crippen molar-refractivity contribution in [1.29, 1.82) is 0 Å². The lowest BCUT2D eigenvalue weighted by atomic mass is 9.99. The Balaban J connectivity index is 3.43. The van der Waals surface area contributed by atoms with Gasteiger partial charge in [-0.05, 0) is 115 Å². The SMILES string of the molecule is CC(C)C[C@H](NC(=O)[C@H](CCCCN)NC(=O)[C@H](C)NC(=O)[C@@H]1CCCN1C(=O)CN)C(=O)N[C@@H](CC(C)C)C(=O)N[C@@H](CCCCN)C(=O)N[C@@H](CCC(=O)O)C(=O)N[C@@H](CCCN=C(N)N)C(=O)NCC(=O)O. The second kappa shape index (κ2) is 35.5. The molecule has 0 aromatic carbocycles. The van der Waals surface area contributed by atoms with Gasteiger partial charge in [0.25, 0.3) is 0 Å². The van der Waals surface area contributed by atoms with E-state index in [4.69, 9.17) is 33.8 Å². The summed E-state index contributed by atoms with van der Waals surface area (Å²) in [4.78, 5) is 150. The smallest absolute Gasteiger partial charge is 0.322 e. The number of likely N-dealkylation sites (tertiary alicyclic amines) is 1. The van der Waals surface area contributed by atoms with Crippen LogP contribution >= 0.6 is 0 Å². The molecule has 0 aliphatic carbocycles. The second-order valence-corrected chi connectivity index (χ2v) is 19.4. The van der Waals surface area contributed by atoms with E-state index in [-0.39, 0.29) is 76.0 Å². The molecule has 1 saturated heterocycles. The van der Waals surface area contributed by atoms with E-state index in [1.165, 1.54) is 11.8 Å². The van der Waals surface area contributed by atoms with E-state index in [0.717, 1.165) is 0 Å². The zero-order chi connectivity index (χ0) is 56.8. The number of hydrogen-bond acceptors (Lipinski definition) is 15. The number of carboxylic acids is 2. The molecular formula is C47H85N15O13. The van der Waals surface area contributed by atoms with Crippen molar-refractivity contribution < 1.29 is 63.0 Å². The fraction of sp³-hybridized carbons (Fsp3) is 0.745. The Kier molecular flexibility index (Phi) is 31.4. The Morgan fingerprint density at radius 3 is 1.40 bits per heavy atom. The first-order valence-corrected chi connectivity index (χ1v) is 25.6. The molecule has 1 aliphatic rings. The quantitative estimate of drug-likeness (QED) is 0.0159. The highest BCUT2D eigenvalue weighted by molar-refractivity contribution is 5.98. The zero-order valence-corrected chi connectivity index (χ0v) is 44.1. The minimum Gasteiger partial charge on any atom is -0.481 e. The average molecular weight is 1070 g/mol. The number of rotatable bonds is 37. The molecule has 28 nitrogen and oxygen atoms in total. The van der Waals surface area contributed by atoms with Gasteiger partial charge in [0.15, 0.2) is 5.96 Å². The standard InChI is InChI=1S/C47H85N15O13/c1-26(2)22-33(61-45(74)34(23-27(3)4)60-42(71)30(12-6-8-18-48)56-39(68)28(5)55-46(75)35-15-11-21-62(35)36(63)24-50)44(73)58-31(13-7-9-19-49)41(70)59-32(16-17-37(64)65)43(72)57-29(14-10-20-53-47(51)52)40(69)54-25-38(66)67/h26-35H,6-25,48-50H2,1-5H3,(H,54,69)(H,55,75)(H,56,68)(H,57,72)(H,58,73)(H,59,70)(H,60,71)(H,61,74)(H,64,65)(H,66,67)(H4,51,52,53)/t28-,29-,30-,31-,32-,33-,34-,35-/m0/s1. The predicted molar refractivity (Wildman–Crippen MR) is 275 cm³/mol. The molecule has 9 amide bonds. The monoisotopic (exact) mass is 1070 g/mol. The maximum Gasteiger partial charge on any atom is 0.322 e. The third-order valence-electron chi connectivity index (χ3n) is 11.9. The van der Waals surface area contributed by atoms with E-state index in [9.17, 15) is 57.8 Å². The van der Waals surface area contributed by atoms with Crippen LogP contribution in [0.3, 0.4) is 0 Å². The molecule has 0 radical (unpaired) electrons. The topological polar surface area (TPSA) is 470 Å². The fourth-order valence-corrected chi connectivity index (χ4v) is 8.01. The van der Waals surface area contributed by atoms with Crippen molar-refractivity contribution >= 4 is 71.1 Å². The number of nitrogens with one attached hydrogen (secondary N) is 8. The van der Waals surface area contributed by atoms with Crippen LogP contribution < -0.4 is 71.2 Å². The Hall–Kier alpha value is -6.68. The summed E-state index contributed by atoms with van der Waals surface area (Å²) in [6.45, 7) is 8.45. The maximum atomic E-state index is 14.2. The van der Waals surface area contributed by atoms with Gasteiger partial charge in [-0.3, -0.25) is 57.7 Å². The van der Waals surface area contributed by atoms with Crippen LogP contribution in [-0.2, 0) is 52.7 Å². The molecule has 0 saturated carbocycles. The Bertz CT molecular complexity index is 1950. The number of unbranched alkanes of at least 4 members (excludes halogenated alkanes) is 2. The molecule has 0 spiro atoms. The largest absolute Gasteiger partial charge is 0.481 e. The first-order chi connectivity index (χ1) is 35.3. The van der Waals surface area contributed by atoms with Crippen LogP contribution in [0.5, 0.6) is 0 Å². The molecular weight excluding hydrogens is 983 g/mol. The van der Waals surface area contributed by atoms with Gasteiger partial charge in [-0.1, -0.05) is 27.7 Å². The van der Waals surface area contributed by atoms with Crippen LogP contribution in [0, 0.1) is 11.8 Å². The molecule has 1 heterocycles. The van der Waals surface area contributed by atoms with Gasteiger partial charge in [0.2, 0.25) is 53.2 Å². The molecule has 28 heteroatoms. The van der Waals surface area contributed by atoms with Crippen molar-refractivity contribution in [1.82, 2.24) is 47.4 Å². The molecule has 75 heavy (non-hydrogen) atoms. The van der Waals surface area contributed by atoms with Crippen LogP contribution in [0.15, 0.2) is 4.99 Å². The second-order valence-electron chi connectivity index (χ2n) is 19.4. The van der Waals surface area contributed by atoms with E-state index >= 15 is 0 Å². The van der Waals surface area contributed by atoms with Crippen LogP contribution in [0.2, 0.25) is 0 Å². The highest BCUT2D eigenvalue weighted by Gasteiger charge is 2.37. The van der Waals surface area contributed by atoms with Gasteiger partial charge in [-0.15, -0.1) is 0 Å². The third-order valence-corrected chi connectivity index (χ3v) is 11.9. The number of aliphatic carboxylic acids is 2. The summed E-state index contributed by atoms with van der Waals surface area (Å²) in [7, 11) is 0. The lowest BCUT2D eigenvalue weighted by molar-refractivity contribution is -0.139. The number of nitrogens with two attached hydrogens (primary N) is 5. The Labute approximate surface area is 438 Å². The van der Waals surface area contributed by atoms with Crippen LogP contribution in [0.25, 0.3) is 0 Å². The summed E-state index contributed by atoms with van der Waals surface area (Å²) in [6, 6.07) is -9.97. The summed E-state index contributed by atoms with van der Waals surface area (Å²) >= 11 is 0. The molecule has 20 N–H and O–H groups in total. The number of guanidine groups is 1. The molecule has 426 valence electrons. The number of nitrogens with zero attached hydrogens (tertiary/aromatic N) is 2. The van der Waals surface area contributed by atoms with E-state index in [1.807, 2.05) is 0 Å². The highest BCUT2D eigenvalue weighted by Crippen LogP contribution is 2.18. The summed E-state index contributed by atoms with van der Waals surface area (Å²) in [5.74, 6) is -10.1. The molecule has 8 atom stereocenters. The Morgan fingerprint density at radius 1 is 0.547 bits per heavy atom. The summed E-state index contributed by atoms with van der Waals surface area (Å²) in [5, 5.41) is 39.1. The summed E-state index contributed by atoms with van der Waals surface area (Å²) < 4.78 is 0. The number of hydrogen-bond donors (Lipinski definition) is 15. The van der Waals surface area contributed by atoms with E-state index in [1.54, 1.807) is 27.7 Å². The summed E-state index contributed by atoms with van der Waals surface area (Å²) in [5.41, 5.74) is 27.7. The molecule has 0 aromatic heterocycles. The zero-order valence-electron chi connectivity index (χ0n) is 44.1. The predicted octanol–water partition coefficient (Wildman–Crippen LogP) is -4.18. The first-order valence-electron chi connectivity index (χ1n) is 25.6. The fourth-order valence-electron chi connectivity index (χ4n) is 8.01. The van der Waals surface area contributed by atoms with Crippen molar-refractivity contribution in [2.75, 3.05) is 39.3 Å². The lowest BCUT2D eigenvalue weighted by Gasteiger charge is -2.29. The minimum atomic E-state index is -1.58. The average Bonchev–Trinajstić information content (AvgIpc) is 3.84. The van der Waals surface area contributed by atoms with E-state index in [0.29, 0.717) is 51.6 Å². The number of aliphatic imine (C=N–C) groups is 1. The van der Waals surface area contributed by atoms with E-state index < -0.39 is 133 Å².